The Bertz CT molecular complexity index is 791. The van der Waals surface area contributed by atoms with E-state index in [4.69, 9.17) is 9.47 Å². The van der Waals surface area contributed by atoms with E-state index in [1.807, 2.05) is 17.4 Å². The van der Waals surface area contributed by atoms with Crippen LogP contribution in [0, 0.1) is 0 Å². The molecule has 0 aliphatic rings. The standard InChI is InChI=1S/C22H24F3NO3/c1-4-8-19(16-11-13-18(28-3)14-12-16)29-20(17-9-6-5-7-10-17)15(2)26-21(27)22(23,24)25/h4-7,9-15,19-20H,1,8H2,2-3H3,(H,26,27)/t15-,19+,20+/m1/s1. The van der Waals surface area contributed by atoms with Gasteiger partial charge >= 0.3 is 12.1 Å². The van der Waals surface area contributed by atoms with E-state index >= 15 is 0 Å². The largest absolute Gasteiger partial charge is 0.497 e. The quantitative estimate of drug-likeness (QED) is 0.586. The van der Waals surface area contributed by atoms with Gasteiger partial charge in [0, 0.05) is 0 Å². The summed E-state index contributed by atoms with van der Waals surface area (Å²) >= 11 is 0. The fraction of sp³-hybridized carbons (Fsp3) is 0.318. The number of alkyl halides is 3. The highest BCUT2D eigenvalue weighted by Gasteiger charge is 2.40. The zero-order chi connectivity index (χ0) is 21.4. The SMILES string of the molecule is C=CC[C@H](O[C@H](c1ccccc1)[C@@H](C)NC(=O)C(F)(F)F)c1ccc(OC)cc1. The Labute approximate surface area is 168 Å². The molecule has 3 atom stereocenters. The van der Waals surface area contributed by atoms with Crippen molar-refractivity contribution < 1.29 is 27.4 Å². The van der Waals surface area contributed by atoms with E-state index in [-0.39, 0.29) is 0 Å². The van der Waals surface area contributed by atoms with E-state index < -0.39 is 30.3 Å². The molecule has 0 fully saturated rings. The molecule has 0 saturated carbocycles. The normalized spacial score (nSPS) is 14.5. The molecule has 0 aliphatic carbocycles. The van der Waals surface area contributed by atoms with Crippen molar-refractivity contribution in [2.24, 2.45) is 0 Å². The number of nitrogens with one attached hydrogen (secondary N) is 1. The van der Waals surface area contributed by atoms with E-state index in [2.05, 4.69) is 6.58 Å². The fourth-order valence-corrected chi connectivity index (χ4v) is 2.91. The van der Waals surface area contributed by atoms with Gasteiger partial charge in [-0.3, -0.25) is 4.79 Å². The Hall–Kier alpha value is -2.80. The molecule has 7 heteroatoms. The number of halogens is 3. The summed E-state index contributed by atoms with van der Waals surface area (Å²) < 4.78 is 49.5. The van der Waals surface area contributed by atoms with Gasteiger partial charge in [-0.15, -0.1) is 6.58 Å². The lowest BCUT2D eigenvalue weighted by Crippen LogP contribution is -2.45. The first-order valence-electron chi connectivity index (χ1n) is 9.09. The van der Waals surface area contributed by atoms with Gasteiger partial charge in [0.1, 0.15) is 11.9 Å². The number of hydrogen-bond acceptors (Lipinski definition) is 3. The first-order valence-corrected chi connectivity index (χ1v) is 9.09. The zero-order valence-electron chi connectivity index (χ0n) is 16.3. The topological polar surface area (TPSA) is 47.6 Å². The predicted octanol–water partition coefficient (Wildman–Crippen LogP) is 5.14. The van der Waals surface area contributed by atoms with Gasteiger partial charge in [-0.05, 0) is 36.6 Å². The summed E-state index contributed by atoms with van der Waals surface area (Å²) in [6.07, 6.45) is -4.11. The molecule has 1 amide bonds. The number of amides is 1. The molecule has 0 saturated heterocycles. The maximum atomic E-state index is 12.7. The lowest BCUT2D eigenvalue weighted by atomic mass is 10.0. The molecule has 0 aromatic heterocycles. The van der Waals surface area contributed by atoms with Crippen LogP contribution >= 0.6 is 0 Å². The minimum absolute atomic E-state index is 0.440. The van der Waals surface area contributed by atoms with Crippen LogP contribution in [0.15, 0.2) is 67.3 Å². The number of ether oxygens (including phenoxy) is 2. The molecule has 2 rings (SSSR count). The molecule has 156 valence electrons. The summed E-state index contributed by atoms with van der Waals surface area (Å²) in [5.74, 6) is -1.32. The zero-order valence-corrected chi connectivity index (χ0v) is 16.3. The second-order valence-electron chi connectivity index (χ2n) is 6.51. The van der Waals surface area contributed by atoms with Crippen LogP contribution in [-0.4, -0.2) is 25.2 Å². The molecule has 0 radical (unpaired) electrons. The lowest BCUT2D eigenvalue weighted by Gasteiger charge is -2.30. The van der Waals surface area contributed by atoms with Crippen LogP contribution in [0.5, 0.6) is 5.75 Å². The van der Waals surface area contributed by atoms with Gasteiger partial charge in [0.25, 0.3) is 0 Å². The number of carbonyl (C=O) groups excluding carboxylic acids is 1. The van der Waals surface area contributed by atoms with Crippen LogP contribution < -0.4 is 10.1 Å². The third-order valence-corrected chi connectivity index (χ3v) is 4.38. The van der Waals surface area contributed by atoms with E-state index in [9.17, 15) is 18.0 Å². The summed E-state index contributed by atoms with van der Waals surface area (Å²) in [5, 5.41) is 2.00. The number of rotatable bonds is 9. The van der Waals surface area contributed by atoms with E-state index in [1.165, 1.54) is 6.92 Å². The Kier molecular flexibility index (Phi) is 7.84. The third kappa shape index (κ3) is 6.35. The van der Waals surface area contributed by atoms with Gasteiger partial charge < -0.3 is 14.8 Å². The lowest BCUT2D eigenvalue weighted by molar-refractivity contribution is -0.175. The van der Waals surface area contributed by atoms with Crippen LogP contribution in [0.3, 0.4) is 0 Å². The summed E-state index contributed by atoms with van der Waals surface area (Å²) in [4.78, 5) is 11.4. The van der Waals surface area contributed by atoms with Crippen LogP contribution in [-0.2, 0) is 9.53 Å². The highest BCUT2D eigenvalue weighted by Crippen LogP contribution is 2.33. The highest BCUT2D eigenvalue weighted by molar-refractivity contribution is 5.82. The van der Waals surface area contributed by atoms with Gasteiger partial charge in [0.2, 0.25) is 0 Å². The third-order valence-electron chi connectivity index (χ3n) is 4.38. The number of hydrogen-bond donors (Lipinski definition) is 1. The fourth-order valence-electron chi connectivity index (χ4n) is 2.91. The highest BCUT2D eigenvalue weighted by atomic mass is 19.4. The average molecular weight is 407 g/mol. The van der Waals surface area contributed by atoms with Crippen molar-refractivity contribution in [2.45, 2.75) is 37.8 Å². The number of benzene rings is 2. The molecular formula is C22H24F3NO3. The minimum Gasteiger partial charge on any atom is -0.497 e. The molecule has 1 N–H and O–H groups in total. The second kappa shape index (κ2) is 10.1. The van der Waals surface area contributed by atoms with E-state index in [0.29, 0.717) is 17.7 Å². The molecular weight excluding hydrogens is 383 g/mol. The minimum atomic E-state index is -4.97. The van der Waals surface area contributed by atoms with Crippen molar-refractivity contribution in [3.63, 3.8) is 0 Å². The first-order chi connectivity index (χ1) is 13.8. The predicted molar refractivity (Wildman–Crippen MR) is 104 cm³/mol. The summed E-state index contributed by atoms with van der Waals surface area (Å²) in [7, 11) is 1.56. The maximum Gasteiger partial charge on any atom is 0.471 e. The summed E-state index contributed by atoms with van der Waals surface area (Å²) in [6.45, 7) is 5.23. The van der Waals surface area contributed by atoms with Crippen molar-refractivity contribution in [1.29, 1.82) is 0 Å². The van der Waals surface area contributed by atoms with Crippen LogP contribution in [0.2, 0.25) is 0 Å². The van der Waals surface area contributed by atoms with E-state index in [1.54, 1.807) is 55.7 Å². The number of carbonyl (C=O) groups is 1. The molecule has 4 nitrogen and oxygen atoms in total. The Morgan fingerprint density at radius 3 is 2.24 bits per heavy atom. The van der Waals surface area contributed by atoms with Crippen LogP contribution in [0.1, 0.15) is 36.7 Å². The van der Waals surface area contributed by atoms with Crippen LogP contribution in [0.4, 0.5) is 13.2 Å². The van der Waals surface area contributed by atoms with Crippen molar-refractivity contribution in [3.05, 3.63) is 78.4 Å². The van der Waals surface area contributed by atoms with Gasteiger partial charge in [-0.2, -0.15) is 13.2 Å². The van der Waals surface area contributed by atoms with Crippen molar-refractivity contribution in [1.82, 2.24) is 5.32 Å². The molecule has 0 aliphatic heterocycles. The molecule has 29 heavy (non-hydrogen) atoms. The second-order valence-corrected chi connectivity index (χ2v) is 6.51. The Morgan fingerprint density at radius 2 is 1.72 bits per heavy atom. The molecule has 2 aromatic carbocycles. The number of methoxy groups -OCH3 is 1. The van der Waals surface area contributed by atoms with Gasteiger partial charge in [-0.1, -0.05) is 48.5 Å². The monoisotopic (exact) mass is 407 g/mol. The smallest absolute Gasteiger partial charge is 0.471 e. The summed E-state index contributed by atoms with van der Waals surface area (Å²) in [6, 6.07) is 15.1. The molecule has 0 bridgehead atoms. The van der Waals surface area contributed by atoms with Crippen LogP contribution in [0.25, 0.3) is 0 Å². The molecule has 2 aromatic rings. The van der Waals surface area contributed by atoms with Gasteiger partial charge in [0.05, 0.1) is 19.3 Å². The van der Waals surface area contributed by atoms with Crippen molar-refractivity contribution in [3.8, 4) is 5.75 Å². The Morgan fingerprint density at radius 1 is 1.10 bits per heavy atom. The molecule has 0 unspecified atom stereocenters. The maximum absolute atomic E-state index is 12.7. The Balaban J connectivity index is 2.30. The molecule has 0 spiro atoms. The van der Waals surface area contributed by atoms with Gasteiger partial charge in [-0.25, -0.2) is 0 Å². The average Bonchev–Trinajstić information content (AvgIpc) is 2.71. The van der Waals surface area contributed by atoms with E-state index in [0.717, 1.165) is 5.56 Å². The van der Waals surface area contributed by atoms with Gasteiger partial charge in [0.15, 0.2) is 0 Å². The first kappa shape index (κ1) is 22.5. The molecule has 0 heterocycles. The van der Waals surface area contributed by atoms with Crippen molar-refractivity contribution in [2.75, 3.05) is 7.11 Å². The summed E-state index contributed by atoms with van der Waals surface area (Å²) in [5.41, 5.74) is 1.48. The van der Waals surface area contributed by atoms with Crippen molar-refractivity contribution >= 4 is 5.91 Å².